The van der Waals surface area contributed by atoms with Crippen LogP contribution in [-0.4, -0.2) is 56.6 Å². The quantitative estimate of drug-likeness (QED) is 0.222. The predicted molar refractivity (Wildman–Crippen MR) is 133 cm³/mol. The molecule has 0 aromatic heterocycles. The van der Waals surface area contributed by atoms with Crippen molar-refractivity contribution < 1.29 is 9.53 Å². The van der Waals surface area contributed by atoms with Crippen LogP contribution in [0.25, 0.3) is 0 Å². The van der Waals surface area contributed by atoms with E-state index in [-0.39, 0.29) is 29.4 Å². The molecule has 1 aliphatic heterocycles. The van der Waals surface area contributed by atoms with Crippen LogP contribution in [0.2, 0.25) is 0 Å². The Labute approximate surface area is 198 Å². The van der Waals surface area contributed by atoms with Crippen LogP contribution in [0.1, 0.15) is 57.4 Å². The minimum Gasteiger partial charge on any atom is -0.497 e. The van der Waals surface area contributed by atoms with Gasteiger partial charge < -0.3 is 20.3 Å². The molecule has 7 heteroatoms. The summed E-state index contributed by atoms with van der Waals surface area (Å²) < 4.78 is 5.45. The molecule has 2 aliphatic rings. The van der Waals surface area contributed by atoms with Crippen LogP contribution < -0.4 is 15.4 Å². The first-order chi connectivity index (χ1) is 14.2. The van der Waals surface area contributed by atoms with Crippen molar-refractivity contribution in [2.45, 2.75) is 57.3 Å². The summed E-state index contributed by atoms with van der Waals surface area (Å²) in [6.45, 7) is 6.27. The molecular weight excluding hydrogens is 491 g/mol. The number of ether oxygens (including phenoxy) is 1. The van der Waals surface area contributed by atoms with E-state index in [2.05, 4.69) is 35.8 Å². The number of hydrogen-bond donors (Lipinski definition) is 2. The summed E-state index contributed by atoms with van der Waals surface area (Å²) in [4.78, 5) is 18.7. The Morgan fingerprint density at radius 1 is 1.23 bits per heavy atom. The Hall–Kier alpha value is -1.51. The van der Waals surface area contributed by atoms with Crippen molar-refractivity contribution in [1.29, 1.82) is 0 Å². The van der Waals surface area contributed by atoms with E-state index < -0.39 is 0 Å². The first kappa shape index (κ1) is 24.8. The van der Waals surface area contributed by atoms with E-state index >= 15 is 0 Å². The number of guanidine groups is 1. The molecule has 1 amide bonds. The monoisotopic (exact) mass is 528 g/mol. The number of rotatable bonds is 9. The number of aliphatic imine (C=N–C) groups is 1. The maximum Gasteiger partial charge on any atom is 0.222 e. The van der Waals surface area contributed by atoms with E-state index in [1.54, 1.807) is 7.11 Å². The van der Waals surface area contributed by atoms with E-state index in [4.69, 9.17) is 9.73 Å². The second kappa shape index (κ2) is 12.4. The molecule has 6 nitrogen and oxygen atoms in total. The Bertz CT molecular complexity index is 704. The average Bonchev–Trinajstić information content (AvgIpc) is 3.39. The first-order valence-corrected chi connectivity index (χ1v) is 11.1. The Morgan fingerprint density at radius 3 is 2.70 bits per heavy atom. The summed E-state index contributed by atoms with van der Waals surface area (Å²) in [5, 5.41) is 6.82. The molecule has 0 bridgehead atoms. The zero-order valence-electron chi connectivity index (χ0n) is 18.4. The SMILES string of the molecule is CCNC(=NCC1(c2cccc(OC)c2)CCCC1)NCCCN1CCCC1=O.I. The lowest BCUT2D eigenvalue weighted by Gasteiger charge is -2.28. The molecule has 3 rings (SSSR count). The van der Waals surface area contributed by atoms with E-state index in [1.165, 1.54) is 31.2 Å². The third kappa shape index (κ3) is 6.49. The highest BCUT2D eigenvalue weighted by Crippen LogP contribution is 2.42. The van der Waals surface area contributed by atoms with E-state index in [0.29, 0.717) is 12.3 Å². The van der Waals surface area contributed by atoms with Crippen LogP contribution in [-0.2, 0) is 10.2 Å². The standard InChI is InChI=1S/C23H36N4O2.HI/c1-3-24-22(25-14-8-16-27-15-7-11-21(27)28)26-18-23(12-4-5-13-23)19-9-6-10-20(17-19)29-2;/h6,9-10,17H,3-5,7-8,11-16,18H2,1-2H3,(H2,24,25,26);1H. The van der Waals surface area contributed by atoms with Gasteiger partial charge in [-0.15, -0.1) is 24.0 Å². The van der Waals surface area contributed by atoms with Crippen molar-refractivity contribution in [2.75, 3.05) is 39.8 Å². The van der Waals surface area contributed by atoms with Crippen LogP contribution in [0.15, 0.2) is 29.3 Å². The largest absolute Gasteiger partial charge is 0.497 e. The number of nitrogens with one attached hydrogen (secondary N) is 2. The van der Waals surface area contributed by atoms with Crippen LogP contribution in [0.4, 0.5) is 0 Å². The highest BCUT2D eigenvalue weighted by Gasteiger charge is 2.35. The first-order valence-electron chi connectivity index (χ1n) is 11.1. The van der Waals surface area contributed by atoms with Crippen molar-refractivity contribution >= 4 is 35.8 Å². The molecule has 30 heavy (non-hydrogen) atoms. The van der Waals surface area contributed by atoms with Gasteiger partial charge in [-0.1, -0.05) is 25.0 Å². The zero-order valence-corrected chi connectivity index (χ0v) is 20.7. The van der Waals surface area contributed by atoms with Crippen LogP contribution in [0, 0.1) is 0 Å². The van der Waals surface area contributed by atoms with Gasteiger partial charge in [0.25, 0.3) is 0 Å². The Kier molecular flexibility index (Phi) is 10.2. The summed E-state index contributed by atoms with van der Waals surface area (Å²) in [7, 11) is 1.72. The summed E-state index contributed by atoms with van der Waals surface area (Å²) in [6.07, 6.45) is 7.49. The normalized spacial score (nSPS) is 18.3. The number of carbonyl (C=O) groups excluding carboxylic acids is 1. The lowest BCUT2D eigenvalue weighted by Crippen LogP contribution is -2.40. The van der Waals surface area contributed by atoms with Crippen molar-refractivity contribution in [3.05, 3.63) is 29.8 Å². The minimum absolute atomic E-state index is 0. The number of benzene rings is 1. The van der Waals surface area contributed by atoms with E-state index in [0.717, 1.165) is 57.3 Å². The van der Waals surface area contributed by atoms with Gasteiger partial charge in [0.1, 0.15) is 5.75 Å². The van der Waals surface area contributed by atoms with Crippen molar-refractivity contribution in [3.63, 3.8) is 0 Å². The summed E-state index contributed by atoms with van der Waals surface area (Å²) >= 11 is 0. The average molecular weight is 528 g/mol. The molecule has 0 unspecified atom stereocenters. The van der Waals surface area contributed by atoms with Gasteiger partial charge in [-0.25, -0.2) is 0 Å². The number of likely N-dealkylation sites (tertiary alicyclic amines) is 1. The number of carbonyl (C=O) groups is 1. The molecule has 1 aromatic rings. The molecule has 1 aromatic carbocycles. The molecule has 2 fully saturated rings. The number of methoxy groups -OCH3 is 1. The molecule has 2 N–H and O–H groups in total. The molecule has 0 spiro atoms. The fraction of sp³-hybridized carbons (Fsp3) is 0.652. The van der Waals surface area contributed by atoms with Crippen molar-refractivity contribution in [1.82, 2.24) is 15.5 Å². The Balaban J connectivity index is 0.00000320. The molecule has 1 saturated carbocycles. The van der Waals surface area contributed by atoms with Crippen LogP contribution >= 0.6 is 24.0 Å². The molecule has 168 valence electrons. The number of hydrogen-bond acceptors (Lipinski definition) is 3. The van der Waals surface area contributed by atoms with E-state index in [1.807, 2.05) is 11.0 Å². The van der Waals surface area contributed by atoms with Crippen LogP contribution in [0.3, 0.4) is 0 Å². The molecular formula is C23H37IN4O2. The zero-order chi connectivity index (χ0) is 20.5. The summed E-state index contributed by atoms with van der Waals surface area (Å²) in [5.74, 6) is 2.08. The maximum absolute atomic E-state index is 11.7. The highest BCUT2D eigenvalue weighted by atomic mass is 127. The van der Waals surface area contributed by atoms with Gasteiger partial charge in [0, 0.05) is 38.0 Å². The molecule has 1 heterocycles. The third-order valence-corrected chi connectivity index (χ3v) is 6.20. The fourth-order valence-electron chi connectivity index (χ4n) is 4.53. The Morgan fingerprint density at radius 2 is 2.03 bits per heavy atom. The smallest absolute Gasteiger partial charge is 0.222 e. The van der Waals surface area contributed by atoms with Crippen molar-refractivity contribution in [2.24, 2.45) is 4.99 Å². The van der Waals surface area contributed by atoms with Gasteiger partial charge in [0.05, 0.1) is 13.7 Å². The minimum atomic E-state index is 0. The molecule has 1 aliphatic carbocycles. The molecule has 0 atom stereocenters. The highest BCUT2D eigenvalue weighted by molar-refractivity contribution is 14.0. The van der Waals surface area contributed by atoms with Crippen LogP contribution in [0.5, 0.6) is 5.75 Å². The van der Waals surface area contributed by atoms with E-state index in [9.17, 15) is 4.79 Å². The van der Waals surface area contributed by atoms with Gasteiger partial charge >= 0.3 is 0 Å². The fourth-order valence-corrected chi connectivity index (χ4v) is 4.53. The third-order valence-electron chi connectivity index (χ3n) is 6.20. The predicted octanol–water partition coefficient (Wildman–Crippen LogP) is 3.69. The topological polar surface area (TPSA) is 66.0 Å². The second-order valence-corrected chi connectivity index (χ2v) is 8.18. The second-order valence-electron chi connectivity index (χ2n) is 8.18. The number of nitrogens with zero attached hydrogens (tertiary/aromatic N) is 2. The lowest BCUT2D eigenvalue weighted by atomic mass is 9.79. The van der Waals surface area contributed by atoms with Crippen molar-refractivity contribution in [3.8, 4) is 5.75 Å². The summed E-state index contributed by atoms with van der Waals surface area (Å²) in [5.41, 5.74) is 1.43. The summed E-state index contributed by atoms with van der Waals surface area (Å²) in [6, 6.07) is 8.48. The van der Waals surface area contributed by atoms with Gasteiger partial charge in [-0.2, -0.15) is 0 Å². The lowest BCUT2D eigenvalue weighted by molar-refractivity contribution is -0.127. The van der Waals surface area contributed by atoms with Gasteiger partial charge in [-0.05, 0) is 50.3 Å². The van der Waals surface area contributed by atoms with Gasteiger partial charge in [0.2, 0.25) is 5.91 Å². The van der Waals surface area contributed by atoms with Gasteiger partial charge in [0.15, 0.2) is 5.96 Å². The maximum atomic E-state index is 11.7. The molecule has 0 radical (unpaired) electrons. The van der Waals surface area contributed by atoms with Gasteiger partial charge in [-0.3, -0.25) is 9.79 Å². The number of halogens is 1. The molecule has 1 saturated heterocycles. The number of amides is 1.